The maximum atomic E-state index is 12.2. The lowest BCUT2D eigenvalue weighted by Gasteiger charge is -2.22. The summed E-state index contributed by atoms with van der Waals surface area (Å²) < 4.78 is 12.1. The van der Waals surface area contributed by atoms with Crippen molar-refractivity contribution in [1.82, 2.24) is 19.9 Å². The second-order valence-corrected chi connectivity index (χ2v) is 6.01. The molecule has 1 amide bonds. The van der Waals surface area contributed by atoms with E-state index in [1.165, 1.54) is 0 Å². The molecule has 0 aromatic carbocycles. The van der Waals surface area contributed by atoms with Crippen molar-refractivity contribution in [3.63, 3.8) is 0 Å². The monoisotopic (exact) mass is 334 g/mol. The number of carbonyl (C=O) groups excluding carboxylic acids is 1. The van der Waals surface area contributed by atoms with Crippen molar-refractivity contribution >= 4 is 11.6 Å². The molecule has 0 bridgehead atoms. The molecular formula is C17H26N4O3. The third-order valence-electron chi connectivity index (χ3n) is 4.15. The Morgan fingerprint density at radius 1 is 1.29 bits per heavy atom. The molecule has 0 aliphatic rings. The quantitative estimate of drug-likeness (QED) is 0.780. The minimum absolute atomic E-state index is 0.0443. The van der Waals surface area contributed by atoms with E-state index in [1.54, 1.807) is 14.2 Å². The second kappa shape index (κ2) is 7.72. The average molecular weight is 334 g/mol. The molecule has 0 radical (unpaired) electrons. The SMILES string of the molecule is COC(OC)[C@H](C)NC(=O)CCc1c(C)nc2cc(C)nn2c1C. The highest BCUT2D eigenvalue weighted by atomic mass is 16.7. The van der Waals surface area contributed by atoms with Gasteiger partial charge < -0.3 is 14.8 Å². The zero-order chi connectivity index (χ0) is 17.9. The van der Waals surface area contributed by atoms with Gasteiger partial charge in [0.15, 0.2) is 11.9 Å². The molecule has 1 N–H and O–H groups in total. The maximum Gasteiger partial charge on any atom is 0.220 e. The Labute approximate surface area is 142 Å². The van der Waals surface area contributed by atoms with Crippen LogP contribution in [0.15, 0.2) is 6.07 Å². The van der Waals surface area contributed by atoms with Gasteiger partial charge in [-0.25, -0.2) is 9.50 Å². The summed E-state index contributed by atoms with van der Waals surface area (Å²) >= 11 is 0. The van der Waals surface area contributed by atoms with E-state index in [2.05, 4.69) is 15.4 Å². The number of aryl methyl sites for hydroxylation is 3. The van der Waals surface area contributed by atoms with Gasteiger partial charge in [0.25, 0.3) is 0 Å². The summed E-state index contributed by atoms with van der Waals surface area (Å²) in [5.41, 5.74) is 4.79. The van der Waals surface area contributed by atoms with E-state index in [9.17, 15) is 4.79 Å². The van der Waals surface area contributed by atoms with Gasteiger partial charge in [0.05, 0.1) is 11.7 Å². The molecule has 2 rings (SSSR count). The summed E-state index contributed by atoms with van der Waals surface area (Å²) in [6.07, 6.45) is 0.532. The van der Waals surface area contributed by atoms with Crippen LogP contribution in [0.4, 0.5) is 0 Å². The standard InChI is InChI=1S/C17H26N4O3/c1-10-9-15-18-11(2)14(13(4)21(15)20-10)7-8-16(22)19-12(3)17(23-5)24-6/h9,12,17H,7-8H2,1-6H3,(H,19,22)/t12-/m0/s1. The van der Waals surface area contributed by atoms with Crippen molar-refractivity contribution in [3.8, 4) is 0 Å². The van der Waals surface area contributed by atoms with Gasteiger partial charge in [0.1, 0.15) is 0 Å². The first-order chi connectivity index (χ1) is 11.4. The number of fused-ring (bicyclic) bond motifs is 1. The summed E-state index contributed by atoms with van der Waals surface area (Å²) in [5.74, 6) is -0.0443. The van der Waals surface area contributed by atoms with E-state index >= 15 is 0 Å². The highest BCUT2D eigenvalue weighted by Gasteiger charge is 2.18. The maximum absolute atomic E-state index is 12.2. The van der Waals surface area contributed by atoms with Crippen molar-refractivity contribution in [3.05, 3.63) is 28.7 Å². The molecule has 1 atom stereocenters. The van der Waals surface area contributed by atoms with Crippen LogP contribution in [0.3, 0.4) is 0 Å². The molecule has 0 fully saturated rings. The number of rotatable bonds is 7. The Bertz CT molecular complexity index is 722. The van der Waals surface area contributed by atoms with E-state index in [1.807, 2.05) is 38.3 Å². The second-order valence-electron chi connectivity index (χ2n) is 6.01. The van der Waals surface area contributed by atoms with Gasteiger partial charge in [-0.3, -0.25) is 4.79 Å². The number of aromatic nitrogens is 3. The highest BCUT2D eigenvalue weighted by molar-refractivity contribution is 5.76. The molecule has 0 aliphatic heterocycles. The Morgan fingerprint density at radius 3 is 2.58 bits per heavy atom. The molecule has 0 saturated carbocycles. The van der Waals surface area contributed by atoms with Crippen LogP contribution in [0.25, 0.3) is 5.65 Å². The van der Waals surface area contributed by atoms with Crippen LogP contribution in [-0.2, 0) is 20.7 Å². The van der Waals surface area contributed by atoms with E-state index in [4.69, 9.17) is 9.47 Å². The molecular weight excluding hydrogens is 308 g/mol. The first-order valence-corrected chi connectivity index (χ1v) is 8.04. The van der Waals surface area contributed by atoms with Crippen molar-refractivity contribution in [1.29, 1.82) is 0 Å². The number of amides is 1. The summed E-state index contributed by atoms with van der Waals surface area (Å²) in [5, 5.41) is 7.36. The summed E-state index contributed by atoms with van der Waals surface area (Å²) in [7, 11) is 3.10. The lowest BCUT2D eigenvalue weighted by atomic mass is 10.1. The van der Waals surface area contributed by atoms with Crippen LogP contribution in [0.2, 0.25) is 0 Å². The normalized spacial score (nSPS) is 12.8. The molecule has 0 saturated heterocycles. The predicted molar refractivity (Wildman–Crippen MR) is 90.9 cm³/mol. The number of ether oxygens (including phenoxy) is 2. The van der Waals surface area contributed by atoms with Crippen molar-refractivity contribution in [2.75, 3.05) is 14.2 Å². The molecule has 7 nitrogen and oxygen atoms in total. The number of hydrogen-bond donors (Lipinski definition) is 1. The number of methoxy groups -OCH3 is 2. The van der Waals surface area contributed by atoms with Crippen LogP contribution in [0.1, 0.15) is 36.0 Å². The Hall–Kier alpha value is -1.99. The minimum atomic E-state index is -0.456. The molecule has 2 aromatic rings. The van der Waals surface area contributed by atoms with Gasteiger partial charge in [0, 0.05) is 38.1 Å². The molecule has 0 spiro atoms. The van der Waals surface area contributed by atoms with E-state index in [0.717, 1.165) is 28.3 Å². The van der Waals surface area contributed by atoms with Crippen molar-refractivity contribution in [2.24, 2.45) is 0 Å². The van der Waals surface area contributed by atoms with Crippen LogP contribution in [0.5, 0.6) is 0 Å². The summed E-state index contributed by atoms with van der Waals surface area (Å²) in [6, 6.07) is 1.73. The van der Waals surface area contributed by atoms with Crippen LogP contribution in [0, 0.1) is 20.8 Å². The van der Waals surface area contributed by atoms with Crippen LogP contribution in [-0.4, -0.2) is 47.1 Å². The fourth-order valence-corrected chi connectivity index (χ4v) is 2.94. The van der Waals surface area contributed by atoms with Gasteiger partial charge in [0.2, 0.25) is 5.91 Å². The molecule has 24 heavy (non-hydrogen) atoms. The summed E-state index contributed by atoms with van der Waals surface area (Å²) in [4.78, 5) is 16.8. The molecule has 132 valence electrons. The van der Waals surface area contributed by atoms with Crippen molar-refractivity contribution < 1.29 is 14.3 Å². The van der Waals surface area contributed by atoms with Gasteiger partial charge in [-0.2, -0.15) is 5.10 Å². The minimum Gasteiger partial charge on any atom is -0.354 e. The Balaban J connectivity index is 2.06. The number of carbonyl (C=O) groups is 1. The fraction of sp³-hybridized carbons (Fsp3) is 0.588. The lowest BCUT2D eigenvalue weighted by Crippen LogP contribution is -2.43. The van der Waals surface area contributed by atoms with Gasteiger partial charge in [-0.05, 0) is 39.7 Å². The Kier molecular flexibility index (Phi) is 5.90. The lowest BCUT2D eigenvalue weighted by molar-refractivity contribution is -0.135. The largest absolute Gasteiger partial charge is 0.354 e. The molecule has 0 aliphatic carbocycles. The predicted octanol–water partition coefficient (Wildman–Crippen LogP) is 1.71. The highest BCUT2D eigenvalue weighted by Crippen LogP contribution is 2.17. The number of nitrogens with one attached hydrogen (secondary N) is 1. The first kappa shape index (κ1) is 18.4. The third-order valence-corrected chi connectivity index (χ3v) is 4.15. The fourth-order valence-electron chi connectivity index (χ4n) is 2.94. The molecule has 7 heteroatoms. The van der Waals surface area contributed by atoms with Gasteiger partial charge in [-0.15, -0.1) is 0 Å². The Morgan fingerprint density at radius 2 is 1.96 bits per heavy atom. The molecule has 0 unspecified atom stereocenters. The van der Waals surface area contributed by atoms with E-state index in [-0.39, 0.29) is 11.9 Å². The van der Waals surface area contributed by atoms with Crippen LogP contribution >= 0.6 is 0 Å². The van der Waals surface area contributed by atoms with Gasteiger partial charge >= 0.3 is 0 Å². The first-order valence-electron chi connectivity index (χ1n) is 8.04. The zero-order valence-corrected chi connectivity index (χ0v) is 15.2. The number of nitrogens with zero attached hydrogens (tertiary/aromatic N) is 3. The van der Waals surface area contributed by atoms with Crippen molar-refractivity contribution in [2.45, 2.75) is 52.9 Å². The topological polar surface area (TPSA) is 77.8 Å². The molecule has 2 aromatic heterocycles. The van der Waals surface area contributed by atoms with Gasteiger partial charge in [-0.1, -0.05) is 0 Å². The molecule has 2 heterocycles. The van der Waals surface area contributed by atoms with Crippen LogP contribution < -0.4 is 5.32 Å². The van der Waals surface area contributed by atoms with E-state index in [0.29, 0.717) is 12.8 Å². The summed E-state index contributed by atoms with van der Waals surface area (Å²) in [6.45, 7) is 7.78. The number of hydrogen-bond acceptors (Lipinski definition) is 5. The average Bonchev–Trinajstić information content (AvgIpc) is 2.88. The third kappa shape index (κ3) is 3.91. The zero-order valence-electron chi connectivity index (χ0n) is 15.2. The van der Waals surface area contributed by atoms with E-state index < -0.39 is 6.29 Å². The smallest absolute Gasteiger partial charge is 0.220 e.